The molecular formula is C16H18ClNO. The van der Waals surface area contributed by atoms with Crippen LogP contribution in [0.3, 0.4) is 0 Å². The molecule has 0 saturated heterocycles. The molecule has 0 aliphatic carbocycles. The monoisotopic (exact) mass is 275 g/mol. The maximum Gasteiger partial charge on any atom is 0.137 e. The van der Waals surface area contributed by atoms with Crippen LogP contribution in [0.4, 0.5) is 0 Å². The predicted molar refractivity (Wildman–Crippen MR) is 79.9 cm³/mol. The SMILES string of the molecule is COc1ccc(CNCCc2ccccc2)cc1Cl. The summed E-state index contributed by atoms with van der Waals surface area (Å²) < 4.78 is 5.13. The fourth-order valence-electron chi connectivity index (χ4n) is 1.93. The normalized spacial score (nSPS) is 10.4. The highest BCUT2D eigenvalue weighted by Gasteiger charge is 2.01. The summed E-state index contributed by atoms with van der Waals surface area (Å²) in [7, 11) is 1.62. The van der Waals surface area contributed by atoms with Crippen LogP contribution in [0.1, 0.15) is 11.1 Å². The zero-order chi connectivity index (χ0) is 13.5. The van der Waals surface area contributed by atoms with Crippen LogP contribution in [-0.4, -0.2) is 13.7 Å². The second-order valence-corrected chi connectivity index (χ2v) is 4.79. The van der Waals surface area contributed by atoms with Gasteiger partial charge in [-0.3, -0.25) is 0 Å². The Morgan fingerprint density at radius 2 is 1.84 bits per heavy atom. The first-order chi connectivity index (χ1) is 9.29. The molecule has 0 fully saturated rings. The van der Waals surface area contributed by atoms with Crippen LogP contribution in [0.5, 0.6) is 5.75 Å². The van der Waals surface area contributed by atoms with Gasteiger partial charge in [0.15, 0.2) is 0 Å². The molecule has 0 spiro atoms. The van der Waals surface area contributed by atoms with Gasteiger partial charge >= 0.3 is 0 Å². The molecule has 1 N–H and O–H groups in total. The lowest BCUT2D eigenvalue weighted by atomic mass is 10.1. The van der Waals surface area contributed by atoms with E-state index in [1.807, 2.05) is 24.3 Å². The van der Waals surface area contributed by atoms with Crippen molar-refractivity contribution in [3.8, 4) is 5.75 Å². The van der Waals surface area contributed by atoms with Gasteiger partial charge in [0.25, 0.3) is 0 Å². The lowest BCUT2D eigenvalue weighted by molar-refractivity contribution is 0.415. The predicted octanol–water partition coefficient (Wildman–Crippen LogP) is 3.68. The smallest absolute Gasteiger partial charge is 0.137 e. The summed E-state index contributed by atoms with van der Waals surface area (Å²) in [6.07, 6.45) is 1.03. The first kappa shape index (κ1) is 13.9. The minimum absolute atomic E-state index is 0.657. The summed E-state index contributed by atoms with van der Waals surface area (Å²) in [6.45, 7) is 1.77. The van der Waals surface area contributed by atoms with E-state index >= 15 is 0 Å². The Balaban J connectivity index is 1.78. The lowest BCUT2D eigenvalue weighted by Crippen LogP contribution is -2.16. The van der Waals surface area contributed by atoms with Gasteiger partial charge in [0.1, 0.15) is 5.75 Å². The highest BCUT2D eigenvalue weighted by Crippen LogP contribution is 2.24. The number of ether oxygens (including phenoxy) is 1. The van der Waals surface area contributed by atoms with Gasteiger partial charge in [0.2, 0.25) is 0 Å². The van der Waals surface area contributed by atoms with Crippen molar-refractivity contribution in [3.63, 3.8) is 0 Å². The number of hydrogen-bond acceptors (Lipinski definition) is 2. The van der Waals surface area contributed by atoms with Gasteiger partial charge in [-0.2, -0.15) is 0 Å². The van der Waals surface area contributed by atoms with Crippen molar-refractivity contribution in [2.24, 2.45) is 0 Å². The van der Waals surface area contributed by atoms with E-state index < -0.39 is 0 Å². The molecule has 0 radical (unpaired) electrons. The van der Waals surface area contributed by atoms with E-state index in [4.69, 9.17) is 16.3 Å². The van der Waals surface area contributed by atoms with Crippen molar-refractivity contribution in [2.45, 2.75) is 13.0 Å². The summed E-state index contributed by atoms with van der Waals surface area (Å²) in [6, 6.07) is 16.3. The first-order valence-corrected chi connectivity index (χ1v) is 6.74. The van der Waals surface area contributed by atoms with Gasteiger partial charge < -0.3 is 10.1 Å². The number of hydrogen-bond donors (Lipinski definition) is 1. The second-order valence-electron chi connectivity index (χ2n) is 4.38. The van der Waals surface area contributed by atoms with Gasteiger partial charge in [0, 0.05) is 6.54 Å². The molecule has 2 aromatic rings. The Morgan fingerprint density at radius 1 is 1.05 bits per heavy atom. The molecule has 0 saturated carbocycles. The first-order valence-electron chi connectivity index (χ1n) is 6.36. The molecule has 2 rings (SSSR count). The van der Waals surface area contributed by atoms with Crippen LogP contribution >= 0.6 is 11.6 Å². The van der Waals surface area contributed by atoms with E-state index in [9.17, 15) is 0 Å². The van der Waals surface area contributed by atoms with Crippen LogP contribution in [0.15, 0.2) is 48.5 Å². The van der Waals surface area contributed by atoms with Crippen LogP contribution in [0, 0.1) is 0 Å². The van der Waals surface area contributed by atoms with E-state index in [-0.39, 0.29) is 0 Å². The molecule has 2 nitrogen and oxygen atoms in total. The summed E-state index contributed by atoms with van der Waals surface area (Å²) in [5, 5.41) is 4.07. The molecule has 0 aromatic heterocycles. The van der Waals surface area contributed by atoms with Crippen molar-refractivity contribution >= 4 is 11.6 Å². The largest absolute Gasteiger partial charge is 0.495 e. The molecule has 2 aromatic carbocycles. The average molecular weight is 276 g/mol. The molecular weight excluding hydrogens is 258 g/mol. The molecule has 0 bridgehead atoms. The lowest BCUT2D eigenvalue weighted by Gasteiger charge is -2.08. The highest BCUT2D eigenvalue weighted by molar-refractivity contribution is 6.32. The molecule has 0 aliphatic rings. The quantitative estimate of drug-likeness (QED) is 0.812. The summed E-state index contributed by atoms with van der Waals surface area (Å²) in [5.74, 6) is 0.717. The summed E-state index contributed by atoms with van der Waals surface area (Å²) in [4.78, 5) is 0. The fourth-order valence-corrected chi connectivity index (χ4v) is 2.21. The zero-order valence-electron chi connectivity index (χ0n) is 11.0. The van der Waals surface area contributed by atoms with Crippen LogP contribution in [0.2, 0.25) is 5.02 Å². The minimum Gasteiger partial charge on any atom is -0.495 e. The van der Waals surface area contributed by atoms with E-state index in [2.05, 4.69) is 29.6 Å². The Hall–Kier alpha value is -1.51. The van der Waals surface area contributed by atoms with E-state index in [1.165, 1.54) is 11.1 Å². The molecule has 3 heteroatoms. The Labute approximate surface area is 119 Å². The van der Waals surface area contributed by atoms with Gasteiger partial charge in [-0.15, -0.1) is 0 Å². The average Bonchev–Trinajstić information content (AvgIpc) is 2.45. The third-order valence-corrected chi connectivity index (χ3v) is 3.27. The van der Waals surface area contributed by atoms with E-state index in [0.717, 1.165) is 25.3 Å². The van der Waals surface area contributed by atoms with Crippen molar-refractivity contribution in [1.29, 1.82) is 0 Å². The molecule has 0 atom stereocenters. The minimum atomic E-state index is 0.657. The van der Waals surface area contributed by atoms with Crippen LogP contribution in [0.25, 0.3) is 0 Å². The summed E-state index contributed by atoms with van der Waals surface area (Å²) >= 11 is 6.09. The van der Waals surface area contributed by atoms with Gasteiger partial charge in [0.05, 0.1) is 12.1 Å². The van der Waals surface area contributed by atoms with Crippen LogP contribution < -0.4 is 10.1 Å². The zero-order valence-corrected chi connectivity index (χ0v) is 11.8. The van der Waals surface area contributed by atoms with E-state index in [0.29, 0.717) is 5.02 Å². The van der Waals surface area contributed by atoms with Crippen molar-refractivity contribution in [2.75, 3.05) is 13.7 Å². The highest BCUT2D eigenvalue weighted by atomic mass is 35.5. The van der Waals surface area contributed by atoms with Crippen molar-refractivity contribution in [1.82, 2.24) is 5.32 Å². The second kappa shape index (κ2) is 7.17. The van der Waals surface area contributed by atoms with Crippen molar-refractivity contribution in [3.05, 3.63) is 64.7 Å². The molecule has 0 aliphatic heterocycles. The maximum absolute atomic E-state index is 6.09. The van der Waals surface area contributed by atoms with Crippen LogP contribution in [-0.2, 0) is 13.0 Å². The Bertz CT molecular complexity index is 513. The number of benzene rings is 2. The van der Waals surface area contributed by atoms with Crippen molar-refractivity contribution < 1.29 is 4.74 Å². The Morgan fingerprint density at radius 3 is 2.53 bits per heavy atom. The molecule has 100 valence electrons. The molecule has 19 heavy (non-hydrogen) atoms. The van der Waals surface area contributed by atoms with Gasteiger partial charge in [-0.05, 0) is 36.2 Å². The number of nitrogens with one attached hydrogen (secondary N) is 1. The Kier molecular flexibility index (Phi) is 5.25. The maximum atomic E-state index is 6.09. The van der Waals surface area contributed by atoms with Gasteiger partial charge in [-0.1, -0.05) is 48.0 Å². The topological polar surface area (TPSA) is 21.3 Å². The molecule has 0 unspecified atom stereocenters. The molecule has 0 heterocycles. The third kappa shape index (κ3) is 4.27. The number of halogens is 1. The summed E-state index contributed by atoms with van der Waals surface area (Å²) in [5.41, 5.74) is 2.52. The fraction of sp³-hybridized carbons (Fsp3) is 0.250. The van der Waals surface area contributed by atoms with E-state index in [1.54, 1.807) is 7.11 Å². The number of rotatable bonds is 6. The molecule has 0 amide bonds. The standard InChI is InChI=1S/C16H18ClNO/c1-19-16-8-7-14(11-15(16)17)12-18-10-9-13-5-3-2-4-6-13/h2-8,11,18H,9-10,12H2,1H3. The third-order valence-electron chi connectivity index (χ3n) is 2.98. The van der Waals surface area contributed by atoms with Gasteiger partial charge in [-0.25, -0.2) is 0 Å². The number of methoxy groups -OCH3 is 1.